The van der Waals surface area contributed by atoms with Crippen molar-refractivity contribution < 1.29 is 45.3 Å². The minimum absolute atomic E-state index is 0.0700. The average molecular weight is 645 g/mol. The van der Waals surface area contributed by atoms with Crippen LogP contribution in [0.1, 0.15) is 51.0 Å². The van der Waals surface area contributed by atoms with E-state index in [1.165, 1.54) is 55.5 Å². The summed E-state index contributed by atoms with van der Waals surface area (Å²) in [6, 6.07) is 13.0. The smallest absolute Gasteiger partial charge is 0.201 e. The molecule has 0 aliphatic rings. The van der Waals surface area contributed by atoms with Crippen molar-refractivity contribution in [3.05, 3.63) is 101 Å². The maximum absolute atomic E-state index is 14.7. The van der Waals surface area contributed by atoms with Crippen molar-refractivity contribution >= 4 is 5.78 Å². The molecule has 0 aromatic heterocycles. The molecule has 4 nitrogen and oxygen atoms in total. The third-order valence-electron chi connectivity index (χ3n) is 7.32. The van der Waals surface area contributed by atoms with Crippen molar-refractivity contribution in [3.8, 4) is 39.5 Å². The van der Waals surface area contributed by atoms with Gasteiger partial charge in [-0.05, 0) is 81.5 Å². The average Bonchev–Trinajstić information content (AvgIpc) is 3.03. The summed E-state index contributed by atoms with van der Waals surface area (Å²) in [6.07, 6.45) is 2.97. The highest BCUT2D eigenvalue weighted by atomic mass is 19.2. The van der Waals surface area contributed by atoms with Crippen LogP contribution >= 0.6 is 0 Å². The van der Waals surface area contributed by atoms with E-state index in [4.69, 9.17) is 14.2 Å². The van der Waals surface area contributed by atoms with E-state index in [1.807, 2.05) is 0 Å². The number of carbonyl (C=O) groups excluding carboxylic acids is 1. The predicted octanol–water partition coefficient (Wildman–Crippen LogP) is 9.93. The molecule has 0 fully saturated rings. The van der Waals surface area contributed by atoms with Gasteiger partial charge in [0.05, 0.1) is 19.8 Å². The van der Waals surface area contributed by atoms with E-state index in [0.717, 1.165) is 12.1 Å². The number of ether oxygens (including phenoxy) is 3. The van der Waals surface area contributed by atoms with Gasteiger partial charge in [-0.3, -0.25) is 4.79 Å². The first kappa shape index (κ1) is 34.4. The van der Waals surface area contributed by atoms with E-state index in [1.54, 1.807) is 6.92 Å². The first-order valence-corrected chi connectivity index (χ1v) is 15.0. The molecule has 4 aromatic rings. The molecule has 0 saturated heterocycles. The normalized spacial score (nSPS) is 11.0. The van der Waals surface area contributed by atoms with E-state index in [9.17, 15) is 31.1 Å². The summed E-state index contributed by atoms with van der Waals surface area (Å²) in [7, 11) is 0. The summed E-state index contributed by atoms with van der Waals surface area (Å²) in [6.45, 7) is 3.72. The zero-order valence-corrected chi connectivity index (χ0v) is 25.5. The van der Waals surface area contributed by atoms with Gasteiger partial charge in [-0.1, -0.05) is 12.1 Å². The van der Waals surface area contributed by atoms with Crippen LogP contribution < -0.4 is 14.2 Å². The summed E-state index contributed by atoms with van der Waals surface area (Å²) >= 11 is 0. The van der Waals surface area contributed by atoms with Crippen LogP contribution in [0.2, 0.25) is 0 Å². The number of Topliss-reactive ketones (excluding diaryl/α,β-unsaturated/α-hetero) is 1. The molecule has 0 aliphatic heterocycles. The molecule has 0 heterocycles. The number of rotatable bonds is 16. The Labute approximate surface area is 263 Å². The quantitative estimate of drug-likeness (QED) is 0.0900. The number of halogens is 6. The Morgan fingerprint density at radius 3 is 1.54 bits per heavy atom. The summed E-state index contributed by atoms with van der Waals surface area (Å²) in [5.41, 5.74) is -0.446. The van der Waals surface area contributed by atoms with Crippen LogP contribution in [0.25, 0.3) is 22.3 Å². The Bertz CT molecular complexity index is 1670. The second-order valence-electron chi connectivity index (χ2n) is 10.7. The zero-order chi connectivity index (χ0) is 33.2. The van der Waals surface area contributed by atoms with E-state index >= 15 is 0 Å². The van der Waals surface area contributed by atoms with Crippen molar-refractivity contribution in [2.45, 2.75) is 52.4 Å². The summed E-state index contributed by atoms with van der Waals surface area (Å²) in [5, 5.41) is 0. The van der Waals surface area contributed by atoms with E-state index in [0.29, 0.717) is 38.5 Å². The topological polar surface area (TPSA) is 44.8 Å². The lowest BCUT2D eigenvalue weighted by Crippen LogP contribution is -2.04. The molecule has 4 aromatic carbocycles. The Hall–Kier alpha value is -4.47. The number of hydrogen-bond acceptors (Lipinski definition) is 4. The third-order valence-corrected chi connectivity index (χ3v) is 7.32. The molecule has 10 heteroatoms. The van der Waals surface area contributed by atoms with Gasteiger partial charge in [-0.15, -0.1) is 0 Å². The highest BCUT2D eigenvalue weighted by molar-refractivity contribution is 5.78. The van der Waals surface area contributed by atoms with Crippen LogP contribution in [0, 0.1) is 41.8 Å². The molecule has 46 heavy (non-hydrogen) atoms. The van der Waals surface area contributed by atoms with Crippen molar-refractivity contribution in [3.63, 3.8) is 0 Å². The fourth-order valence-electron chi connectivity index (χ4n) is 4.82. The Kier molecular flexibility index (Phi) is 12.1. The van der Waals surface area contributed by atoms with Gasteiger partial charge >= 0.3 is 0 Å². The Morgan fingerprint density at radius 1 is 0.565 bits per heavy atom. The second kappa shape index (κ2) is 16.2. The number of aryl methyl sites for hydroxylation is 1. The lowest BCUT2D eigenvalue weighted by Gasteiger charge is -2.11. The van der Waals surface area contributed by atoms with E-state index in [2.05, 4.69) is 0 Å². The van der Waals surface area contributed by atoms with Gasteiger partial charge in [0.2, 0.25) is 5.82 Å². The molecule has 0 amide bonds. The fraction of sp³-hybridized carbons (Fsp3) is 0.306. The molecule has 244 valence electrons. The molecular weight excluding hydrogens is 610 g/mol. The molecule has 0 unspecified atom stereocenters. The van der Waals surface area contributed by atoms with Gasteiger partial charge in [-0.25, -0.2) is 22.0 Å². The van der Waals surface area contributed by atoms with E-state index < -0.39 is 34.9 Å². The van der Waals surface area contributed by atoms with Crippen molar-refractivity contribution in [1.29, 1.82) is 0 Å². The first-order valence-electron chi connectivity index (χ1n) is 15.0. The third kappa shape index (κ3) is 8.62. The molecule has 0 radical (unpaired) electrons. The van der Waals surface area contributed by atoms with Crippen LogP contribution in [0.5, 0.6) is 17.2 Å². The maximum Gasteiger partial charge on any atom is 0.201 e. The zero-order valence-electron chi connectivity index (χ0n) is 25.5. The molecule has 0 atom stereocenters. The molecular formula is C36H34F6O4. The van der Waals surface area contributed by atoms with Gasteiger partial charge in [0.15, 0.2) is 23.2 Å². The molecule has 0 bridgehead atoms. The summed E-state index contributed by atoms with van der Waals surface area (Å²) < 4.78 is 102. The van der Waals surface area contributed by atoms with Crippen molar-refractivity contribution in [2.24, 2.45) is 0 Å². The Morgan fingerprint density at radius 2 is 1.04 bits per heavy atom. The number of ketones is 1. The molecule has 4 rings (SSSR count). The fourth-order valence-corrected chi connectivity index (χ4v) is 4.82. The highest BCUT2D eigenvalue weighted by Gasteiger charge is 2.19. The standard InChI is InChI=1S/C36H34F6O4/c1-3-44-32-17-16-29(35(41)36(32)42)27-15-12-25(21-31(27)38)46-19-7-5-9-23(43)8-4-6-18-45-24-11-14-26(30(37)20-24)28-13-10-22(2)33(39)34(28)40/h10-17,20-21H,3-9,18-19H2,1-2H3. The Balaban J connectivity index is 1.12. The number of hydrogen-bond donors (Lipinski definition) is 0. The lowest BCUT2D eigenvalue weighted by molar-refractivity contribution is -0.119. The van der Waals surface area contributed by atoms with Gasteiger partial charge in [0.1, 0.15) is 28.9 Å². The van der Waals surface area contributed by atoms with Crippen molar-refractivity contribution in [1.82, 2.24) is 0 Å². The SMILES string of the molecule is CCOc1ccc(-c2ccc(OCCCCC(=O)CCCCOc3ccc(-c4ccc(C)c(F)c4F)c(F)c3)cc2F)c(F)c1F. The largest absolute Gasteiger partial charge is 0.493 e. The van der Waals surface area contributed by atoms with Crippen molar-refractivity contribution in [2.75, 3.05) is 19.8 Å². The minimum atomic E-state index is -1.20. The molecule has 0 saturated carbocycles. The van der Waals surface area contributed by atoms with Crippen LogP contribution in [-0.2, 0) is 4.79 Å². The predicted molar refractivity (Wildman–Crippen MR) is 163 cm³/mol. The van der Waals surface area contributed by atoms with Crippen LogP contribution in [0.15, 0.2) is 60.7 Å². The molecule has 0 N–H and O–H groups in total. The first-order chi connectivity index (χ1) is 22.1. The number of benzene rings is 4. The minimum Gasteiger partial charge on any atom is -0.493 e. The van der Waals surface area contributed by atoms with Crippen LogP contribution in [0.3, 0.4) is 0 Å². The van der Waals surface area contributed by atoms with Crippen LogP contribution in [0.4, 0.5) is 26.3 Å². The van der Waals surface area contributed by atoms with Crippen LogP contribution in [-0.4, -0.2) is 25.6 Å². The highest BCUT2D eigenvalue weighted by Crippen LogP contribution is 2.33. The summed E-state index contributed by atoms with van der Waals surface area (Å²) in [4.78, 5) is 12.2. The number of carbonyl (C=O) groups is 1. The van der Waals surface area contributed by atoms with Gasteiger partial charge < -0.3 is 14.2 Å². The monoisotopic (exact) mass is 644 g/mol. The molecule has 0 aliphatic carbocycles. The van der Waals surface area contributed by atoms with Gasteiger partial charge in [0.25, 0.3) is 0 Å². The van der Waals surface area contributed by atoms with Gasteiger partial charge in [-0.2, -0.15) is 4.39 Å². The molecule has 0 spiro atoms. The maximum atomic E-state index is 14.7. The van der Waals surface area contributed by atoms with E-state index in [-0.39, 0.29) is 70.7 Å². The van der Waals surface area contributed by atoms with Gasteiger partial charge in [0, 0.05) is 47.2 Å². The number of unbranched alkanes of at least 4 members (excludes halogenated alkanes) is 2. The lowest BCUT2D eigenvalue weighted by atomic mass is 10.0. The summed E-state index contributed by atoms with van der Waals surface area (Å²) in [5.74, 6) is -5.71. The second-order valence-corrected chi connectivity index (χ2v) is 10.7.